The van der Waals surface area contributed by atoms with E-state index in [-0.39, 0.29) is 13.2 Å². The number of benzene rings is 1. The van der Waals surface area contributed by atoms with E-state index in [1.165, 1.54) is 11.9 Å². The van der Waals surface area contributed by atoms with Crippen LogP contribution in [0, 0.1) is 13.8 Å². The first-order valence-corrected chi connectivity index (χ1v) is 8.31. The lowest BCUT2D eigenvalue weighted by Crippen LogP contribution is -2.14. The fourth-order valence-corrected chi connectivity index (χ4v) is 3.23. The first-order valence-electron chi connectivity index (χ1n) is 7.43. The molecule has 1 heterocycles. The number of aliphatic carboxylic acids is 1. The summed E-state index contributed by atoms with van der Waals surface area (Å²) in [6.45, 7) is 3.86. The minimum Gasteiger partial charge on any atom is -0.480 e. The summed E-state index contributed by atoms with van der Waals surface area (Å²) < 4.78 is 1.80. The Morgan fingerprint density at radius 2 is 1.91 bits per heavy atom. The van der Waals surface area contributed by atoms with Crippen LogP contribution < -0.4 is 5.14 Å². The molecule has 124 valence electrons. The topological polar surface area (TPSA) is 88.5 Å². The molecule has 0 radical (unpaired) electrons. The summed E-state index contributed by atoms with van der Waals surface area (Å²) in [5.41, 5.74) is 5.19. The Hall–Kier alpha value is -1.76. The molecule has 6 heteroatoms. The van der Waals surface area contributed by atoms with Crippen molar-refractivity contribution in [1.82, 2.24) is 4.57 Å². The summed E-state index contributed by atoms with van der Waals surface area (Å²) in [6, 6.07) is 8.03. The van der Waals surface area contributed by atoms with Crippen molar-refractivity contribution >= 4 is 17.9 Å². The monoisotopic (exact) mass is 334 g/mol. The average molecular weight is 334 g/mol. The van der Waals surface area contributed by atoms with Gasteiger partial charge in [-0.25, -0.2) is 0 Å². The standard InChI is InChI=1S/C17H22N2O3S/c1-11-15(9-13-3-5-14(23-18)6-4-13)12(2)19(10-17(21)22)16(11)7-8-20/h3-6,20H,7-10,18H2,1-2H3,(H,21,22). The van der Waals surface area contributed by atoms with Crippen LogP contribution in [0.15, 0.2) is 29.2 Å². The maximum absolute atomic E-state index is 11.1. The Bertz CT molecular complexity index is 693. The SMILES string of the molecule is Cc1c(Cc2ccc(SN)cc2)c(C)n(CC(=O)O)c1CCO. The van der Waals surface area contributed by atoms with Gasteiger partial charge in [0.2, 0.25) is 0 Å². The highest BCUT2D eigenvalue weighted by Gasteiger charge is 2.18. The Labute approximate surface area is 140 Å². The molecule has 2 rings (SSSR count). The van der Waals surface area contributed by atoms with Gasteiger partial charge in [-0.2, -0.15) is 0 Å². The number of carboxylic acids is 1. The molecule has 5 nitrogen and oxygen atoms in total. The first kappa shape index (κ1) is 17.6. The van der Waals surface area contributed by atoms with Crippen molar-refractivity contribution in [3.05, 3.63) is 52.3 Å². The Kier molecular flexibility index (Phi) is 5.87. The van der Waals surface area contributed by atoms with Gasteiger partial charge in [-0.15, -0.1) is 0 Å². The van der Waals surface area contributed by atoms with E-state index in [9.17, 15) is 9.90 Å². The second-order valence-corrected chi connectivity index (χ2v) is 6.23. The summed E-state index contributed by atoms with van der Waals surface area (Å²) >= 11 is 1.21. The van der Waals surface area contributed by atoms with Gasteiger partial charge in [0, 0.05) is 29.3 Å². The molecule has 23 heavy (non-hydrogen) atoms. The second-order valence-electron chi connectivity index (χ2n) is 5.53. The molecule has 2 aromatic rings. The largest absolute Gasteiger partial charge is 0.480 e. The minimum atomic E-state index is -0.877. The van der Waals surface area contributed by atoms with Crippen LogP contribution in [0.25, 0.3) is 0 Å². The molecule has 1 aromatic carbocycles. The van der Waals surface area contributed by atoms with Crippen molar-refractivity contribution in [1.29, 1.82) is 0 Å². The Morgan fingerprint density at radius 1 is 1.26 bits per heavy atom. The van der Waals surface area contributed by atoms with E-state index in [4.69, 9.17) is 10.2 Å². The van der Waals surface area contributed by atoms with E-state index in [1.807, 2.05) is 38.1 Å². The third-order valence-corrected chi connectivity index (χ3v) is 4.68. The fraction of sp³-hybridized carbons (Fsp3) is 0.353. The molecule has 0 bridgehead atoms. The third kappa shape index (κ3) is 3.96. The molecule has 0 aliphatic heterocycles. The third-order valence-electron chi connectivity index (χ3n) is 4.14. The van der Waals surface area contributed by atoms with Crippen molar-refractivity contribution in [2.24, 2.45) is 5.14 Å². The zero-order valence-corrected chi connectivity index (χ0v) is 14.2. The highest BCUT2D eigenvalue weighted by atomic mass is 32.2. The summed E-state index contributed by atoms with van der Waals surface area (Å²) in [4.78, 5) is 12.1. The lowest BCUT2D eigenvalue weighted by molar-refractivity contribution is -0.137. The number of aromatic nitrogens is 1. The zero-order chi connectivity index (χ0) is 17.0. The maximum atomic E-state index is 11.1. The van der Waals surface area contributed by atoms with Crippen LogP contribution in [0.5, 0.6) is 0 Å². The highest BCUT2D eigenvalue weighted by Crippen LogP contribution is 2.26. The van der Waals surface area contributed by atoms with E-state index in [1.54, 1.807) is 4.57 Å². The predicted molar refractivity (Wildman–Crippen MR) is 91.6 cm³/mol. The van der Waals surface area contributed by atoms with Crippen LogP contribution in [0.2, 0.25) is 0 Å². The van der Waals surface area contributed by atoms with E-state index in [2.05, 4.69) is 0 Å². The van der Waals surface area contributed by atoms with Gasteiger partial charge in [-0.3, -0.25) is 9.93 Å². The van der Waals surface area contributed by atoms with Crippen LogP contribution in [-0.2, 0) is 24.2 Å². The number of nitrogens with two attached hydrogens (primary N) is 1. The van der Waals surface area contributed by atoms with E-state index in [0.717, 1.165) is 39.4 Å². The highest BCUT2D eigenvalue weighted by molar-refractivity contribution is 7.97. The molecule has 1 aromatic heterocycles. The smallest absolute Gasteiger partial charge is 0.323 e. The zero-order valence-electron chi connectivity index (χ0n) is 13.4. The molecule has 0 aliphatic carbocycles. The molecule has 0 atom stereocenters. The van der Waals surface area contributed by atoms with Crippen molar-refractivity contribution in [3.63, 3.8) is 0 Å². The molecule has 0 saturated heterocycles. The lowest BCUT2D eigenvalue weighted by atomic mass is 10.0. The fourth-order valence-electron chi connectivity index (χ4n) is 2.94. The van der Waals surface area contributed by atoms with Gasteiger partial charge < -0.3 is 14.8 Å². The number of aliphatic hydroxyl groups is 1. The van der Waals surface area contributed by atoms with Crippen molar-refractivity contribution in [3.8, 4) is 0 Å². The van der Waals surface area contributed by atoms with Crippen LogP contribution in [0.1, 0.15) is 28.1 Å². The number of nitrogens with zero attached hydrogens (tertiary/aromatic N) is 1. The molecule has 4 N–H and O–H groups in total. The molecule has 0 saturated carbocycles. The van der Waals surface area contributed by atoms with E-state index < -0.39 is 5.97 Å². The summed E-state index contributed by atoms with van der Waals surface area (Å²) in [7, 11) is 0. The van der Waals surface area contributed by atoms with E-state index in [0.29, 0.717) is 6.42 Å². The van der Waals surface area contributed by atoms with E-state index >= 15 is 0 Å². The number of aliphatic hydroxyl groups excluding tert-OH is 1. The van der Waals surface area contributed by atoms with Gasteiger partial charge in [-0.1, -0.05) is 12.1 Å². The molecule has 0 spiro atoms. The summed E-state index contributed by atoms with van der Waals surface area (Å²) in [6.07, 6.45) is 1.20. The number of hydrogen-bond acceptors (Lipinski definition) is 4. The normalized spacial score (nSPS) is 11.0. The van der Waals surface area contributed by atoms with Gasteiger partial charge >= 0.3 is 5.97 Å². The van der Waals surface area contributed by atoms with Gasteiger partial charge in [0.15, 0.2) is 0 Å². The summed E-state index contributed by atoms with van der Waals surface area (Å²) in [5, 5.41) is 23.9. The minimum absolute atomic E-state index is 0.00573. The second kappa shape index (κ2) is 7.68. The molecule has 0 fully saturated rings. The molecule has 0 aliphatic rings. The van der Waals surface area contributed by atoms with Gasteiger partial charge in [-0.05, 0) is 61.0 Å². The van der Waals surface area contributed by atoms with Crippen molar-refractivity contribution in [2.75, 3.05) is 6.61 Å². The number of rotatable bonds is 7. The maximum Gasteiger partial charge on any atom is 0.323 e. The van der Waals surface area contributed by atoms with Crippen LogP contribution in [0.3, 0.4) is 0 Å². The molecular weight excluding hydrogens is 312 g/mol. The predicted octanol–water partition coefficient (Wildman–Crippen LogP) is 2.28. The Morgan fingerprint density at radius 3 is 2.43 bits per heavy atom. The quantitative estimate of drug-likeness (QED) is 0.676. The molecular formula is C17H22N2O3S. The first-order chi connectivity index (χ1) is 11.0. The average Bonchev–Trinajstić information content (AvgIpc) is 2.74. The van der Waals surface area contributed by atoms with Gasteiger partial charge in [0.25, 0.3) is 0 Å². The number of carboxylic acid groups (broad SMARTS) is 1. The molecule has 0 unspecified atom stereocenters. The van der Waals surface area contributed by atoms with Gasteiger partial charge in [0.1, 0.15) is 6.54 Å². The number of carbonyl (C=O) groups is 1. The van der Waals surface area contributed by atoms with Crippen LogP contribution >= 0.6 is 11.9 Å². The van der Waals surface area contributed by atoms with Crippen LogP contribution in [-0.4, -0.2) is 27.4 Å². The van der Waals surface area contributed by atoms with Crippen LogP contribution in [0.4, 0.5) is 0 Å². The number of hydrogen-bond donors (Lipinski definition) is 3. The summed E-state index contributed by atoms with van der Waals surface area (Å²) in [5.74, 6) is -0.877. The Balaban J connectivity index is 2.38. The van der Waals surface area contributed by atoms with Gasteiger partial charge in [0.05, 0.1) is 0 Å². The van der Waals surface area contributed by atoms with Crippen molar-refractivity contribution < 1.29 is 15.0 Å². The van der Waals surface area contributed by atoms with Crippen molar-refractivity contribution in [2.45, 2.75) is 38.1 Å². The lowest BCUT2D eigenvalue weighted by Gasteiger charge is -2.08. The molecule has 0 amide bonds.